The number of rotatable bonds is 15. The number of hydrogen-bond donors (Lipinski definition) is 3. The van der Waals surface area contributed by atoms with Gasteiger partial charge in [0.2, 0.25) is 11.8 Å². The van der Waals surface area contributed by atoms with E-state index in [2.05, 4.69) is 10.6 Å². The van der Waals surface area contributed by atoms with Crippen LogP contribution in [-0.2, 0) is 29.3 Å². The van der Waals surface area contributed by atoms with Crippen molar-refractivity contribution in [3.8, 4) is 23.0 Å². The zero-order valence-electron chi connectivity index (χ0n) is 37.9. The molecule has 2 heterocycles. The summed E-state index contributed by atoms with van der Waals surface area (Å²) < 4.78 is 86.7. The molecule has 0 saturated heterocycles. The lowest BCUT2D eigenvalue weighted by atomic mass is 10.1. The van der Waals surface area contributed by atoms with Crippen LogP contribution in [0.1, 0.15) is 96.4 Å². The molecule has 3 N–H and O–H groups in total. The molecule has 2 aliphatic rings. The van der Waals surface area contributed by atoms with Gasteiger partial charge in [-0.15, -0.1) is 0 Å². The van der Waals surface area contributed by atoms with E-state index in [9.17, 15) is 50.7 Å². The van der Waals surface area contributed by atoms with E-state index >= 15 is 0 Å². The van der Waals surface area contributed by atoms with E-state index in [0.717, 1.165) is 22.3 Å². The lowest BCUT2D eigenvalue weighted by Crippen LogP contribution is -2.37. The smallest absolute Gasteiger partial charge is 0.264 e. The van der Waals surface area contributed by atoms with Gasteiger partial charge < -0.3 is 30.0 Å². The largest absolute Gasteiger partial charge is 0.504 e. The van der Waals surface area contributed by atoms with E-state index in [0.29, 0.717) is 5.56 Å². The molecular weight excluding hydrogens is 862 g/mol. The Labute approximate surface area is 368 Å². The van der Waals surface area contributed by atoms with Gasteiger partial charge in [0.1, 0.15) is 19.7 Å². The van der Waals surface area contributed by atoms with Gasteiger partial charge in [-0.3, -0.25) is 38.6 Å². The number of carbonyl (C=O) groups excluding carboxylic acids is 6. The SMILES string of the molecule is CCOc1cc([C@@H](CS(C)(=O)=O)N2C(=O)c3cccc(NC(C)=O)c3C2=O)ccc1O.[2H][13C]([2H])([2H])Oc1ccc([C@@H](CS(C)(=O)=O)N2C(=O)c3cccc(NC(C)=O)c3C2=O)cc1OCC. The van der Waals surface area contributed by atoms with Crippen molar-refractivity contribution < 1.29 is 69.0 Å². The summed E-state index contributed by atoms with van der Waals surface area (Å²) in [6, 6.07) is 14.6. The molecule has 2 aliphatic heterocycles. The third-order valence-corrected chi connectivity index (χ3v) is 11.3. The minimum Gasteiger partial charge on any atom is -0.504 e. The highest BCUT2D eigenvalue weighted by atomic mass is 32.2. The number of phenols is 1. The predicted octanol–water partition coefficient (Wildman–Crippen LogP) is 4.57. The van der Waals surface area contributed by atoms with Crippen molar-refractivity contribution >= 4 is 66.5 Å². The van der Waals surface area contributed by atoms with Crippen LogP contribution < -0.4 is 24.8 Å². The summed E-state index contributed by atoms with van der Waals surface area (Å²) >= 11 is 0. The summed E-state index contributed by atoms with van der Waals surface area (Å²) in [6.45, 7) is 6.30. The summed E-state index contributed by atoms with van der Waals surface area (Å²) in [5.74, 6) is -5.03. The molecule has 63 heavy (non-hydrogen) atoms. The van der Waals surface area contributed by atoms with Crippen molar-refractivity contribution in [1.29, 1.82) is 0 Å². The van der Waals surface area contributed by atoms with Crippen molar-refractivity contribution in [3.05, 3.63) is 106 Å². The molecule has 0 saturated carbocycles. The van der Waals surface area contributed by atoms with Gasteiger partial charge in [0.05, 0.1) is 81.6 Å². The highest BCUT2D eigenvalue weighted by Gasteiger charge is 2.45. The summed E-state index contributed by atoms with van der Waals surface area (Å²) in [7, 11) is -10.1. The molecular formula is C43H46N4O14S2. The molecule has 0 radical (unpaired) electrons. The molecule has 0 unspecified atom stereocenters. The number of nitrogens with zero attached hydrogens (tertiary/aromatic N) is 2. The molecule has 0 fully saturated rings. The van der Waals surface area contributed by atoms with Crippen LogP contribution >= 0.6 is 0 Å². The van der Waals surface area contributed by atoms with Gasteiger partial charge in [0.25, 0.3) is 23.6 Å². The van der Waals surface area contributed by atoms with E-state index in [1.165, 1.54) is 86.6 Å². The molecule has 0 spiro atoms. The van der Waals surface area contributed by atoms with Crippen LogP contribution in [0.15, 0.2) is 72.8 Å². The zero-order chi connectivity index (χ0) is 49.1. The molecule has 6 rings (SSSR count). The van der Waals surface area contributed by atoms with Gasteiger partial charge in [0, 0.05) is 26.4 Å². The van der Waals surface area contributed by atoms with E-state index in [-0.39, 0.29) is 75.4 Å². The third-order valence-electron chi connectivity index (χ3n) is 9.49. The molecule has 0 aliphatic carbocycles. The highest BCUT2D eigenvalue weighted by Crippen LogP contribution is 2.40. The molecule has 334 valence electrons. The summed E-state index contributed by atoms with van der Waals surface area (Å²) in [5.41, 5.74) is 0.874. The fourth-order valence-electron chi connectivity index (χ4n) is 7.07. The Morgan fingerprint density at radius 2 is 1.08 bits per heavy atom. The normalized spacial score (nSPS) is 15.2. The van der Waals surface area contributed by atoms with Crippen LogP contribution in [0.25, 0.3) is 0 Å². The topological polar surface area (TPSA) is 249 Å². The first kappa shape index (κ1) is 42.9. The molecule has 2 atom stereocenters. The Hall–Kier alpha value is -6.80. The van der Waals surface area contributed by atoms with Crippen molar-refractivity contribution in [1.82, 2.24) is 9.80 Å². The average molecular weight is 911 g/mol. The molecule has 6 amide bonds. The Morgan fingerprint density at radius 3 is 1.49 bits per heavy atom. The second-order valence-electron chi connectivity index (χ2n) is 14.4. The van der Waals surface area contributed by atoms with Crippen LogP contribution in [0.3, 0.4) is 0 Å². The maximum Gasteiger partial charge on any atom is 0.264 e. The number of carbonyl (C=O) groups is 6. The fourth-order valence-corrected chi connectivity index (χ4v) is 8.90. The number of nitrogens with one attached hydrogen (secondary N) is 2. The molecule has 4 aromatic carbocycles. The maximum absolute atomic E-state index is 13.4. The quantitative estimate of drug-likeness (QED) is 0.109. The summed E-state index contributed by atoms with van der Waals surface area (Å²) in [5, 5.41) is 15.0. The van der Waals surface area contributed by atoms with Gasteiger partial charge >= 0.3 is 0 Å². The van der Waals surface area contributed by atoms with Gasteiger partial charge in [-0.05, 0) is 73.5 Å². The van der Waals surface area contributed by atoms with Crippen LogP contribution in [0.2, 0.25) is 0 Å². The average Bonchev–Trinajstić information content (AvgIpc) is 3.61. The number of amides is 6. The van der Waals surface area contributed by atoms with Gasteiger partial charge in [-0.2, -0.15) is 0 Å². The van der Waals surface area contributed by atoms with E-state index in [1.54, 1.807) is 13.8 Å². The fraction of sp³-hybridized carbons (Fsp3) is 0.302. The predicted molar refractivity (Wildman–Crippen MR) is 231 cm³/mol. The standard InChI is InChI=1S/C22H24N2O7S.C21H22N2O7S/c1-5-31-19-11-14(9-10-18(19)30-3)17(12-32(4,28)29)24-21(26)15-7-6-8-16(23-13(2)25)20(15)22(24)27;1-4-30-18-10-13(8-9-17(18)25)16(11-31(3,28)29)23-20(26)14-6-5-7-15(22-12(2)24)19(14)21(23)27/h6-11,17H,5,12H2,1-4H3,(H,23,25);5-10,16,25H,4,11H2,1-3H3,(H,22,24)/t17-;16-/m11/s1/i3+1D3;. The number of benzene rings is 4. The third kappa shape index (κ3) is 10.6. The van der Waals surface area contributed by atoms with Crippen molar-refractivity contribution in [2.75, 3.05) is 54.9 Å². The number of anilines is 2. The number of phenolic OH excluding ortho intramolecular Hbond substituents is 1. The molecule has 18 nitrogen and oxygen atoms in total. The maximum atomic E-state index is 13.4. The number of fused-ring (bicyclic) bond motifs is 2. The van der Waals surface area contributed by atoms with Gasteiger partial charge in [0.15, 0.2) is 23.0 Å². The Kier molecular flexibility index (Phi) is 13.0. The molecule has 0 aromatic heterocycles. The van der Waals surface area contributed by atoms with Crippen LogP contribution in [0.4, 0.5) is 11.4 Å². The van der Waals surface area contributed by atoms with Crippen molar-refractivity contribution in [2.24, 2.45) is 0 Å². The molecule has 4 aromatic rings. The van der Waals surface area contributed by atoms with Gasteiger partial charge in [-0.25, -0.2) is 16.8 Å². The summed E-state index contributed by atoms with van der Waals surface area (Å²) in [4.78, 5) is 77.9. The van der Waals surface area contributed by atoms with Crippen molar-refractivity contribution in [3.63, 3.8) is 0 Å². The first-order valence-corrected chi connectivity index (χ1v) is 23.2. The van der Waals surface area contributed by atoms with E-state index < -0.39 is 85.7 Å². The first-order chi connectivity index (χ1) is 30.7. The monoisotopic (exact) mass is 910 g/mol. The lowest BCUT2D eigenvalue weighted by molar-refractivity contribution is -0.115. The lowest BCUT2D eigenvalue weighted by Gasteiger charge is -2.27. The highest BCUT2D eigenvalue weighted by molar-refractivity contribution is 7.90. The van der Waals surface area contributed by atoms with Crippen molar-refractivity contribution in [2.45, 2.75) is 39.8 Å². The second-order valence-corrected chi connectivity index (χ2v) is 18.8. The van der Waals surface area contributed by atoms with E-state index in [4.69, 9.17) is 18.3 Å². The number of aromatic hydroxyl groups is 1. The Balaban J connectivity index is 0.000000249. The minimum atomic E-state index is -3.71. The number of imide groups is 2. The minimum absolute atomic E-state index is 0.00464. The molecule has 20 heteroatoms. The Bertz CT molecular complexity index is 2850. The molecule has 0 bridgehead atoms. The number of sulfone groups is 2. The number of ether oxygens (including phenoxy) is 3. The zero-order valence-corrected chi connectivity index (χ0v) is 36.5. The summed E-state index contributed by atoms with van der Waals surface area (Å²) in [6.07, 6.45) is 1.97. The number of methoxy groups -OCH3 is 1. The van der Waals surface area contributed by atoms with Gasteiger partial charge in [-0.1, -0.05) is 24.3 Å². The number of hydrogen-bond acceptors (Lipinski definition) is 14. The van der Waals surface area contributed by atoms with Crippen LogP contribution in [0, 0.1) is 0 Å². The first-order valence-electron chi connectivity index (χ1n) is 20.6. The van der Waals surface area contributed by atoms with Crippen LogP contribution in [0.5, 0.6) is 23.0 Å². The Morgan fingerprint density at radius 1 is 0.651 bits per heavy atom. The van der Waals surface area contributed by atoms with E-state index in [1.807, 2.05) is 0 Å². The second kappa shape index (κ2) is 19.1. The van der Waals surface area contributed by atoms with Crippen LogP contribution in [-0.4, -0.2) is 111 Å².